The molecule has 1 atom stereocenters. The Morgan fingerprint density at radius 2 is 1.80 bits per heavy atom. The van der Waals surface area contributed by atoms with E-state index >= 15 is 0 Å². The zero-order valence-corrected chi connectivity index (χ0v) is 24.5. The van der Waals surface area contributed by atoms with E-state index in [0.717, 1.165) is 73.0 Å². The lowest BCUT2D eigenvalue weighted by Gasteiger charge is -2.31. The molecule has 0 aliphatic carbocycles. The zero-order valence-electron chi connectivity index (χ0n) is 24.5. The van der Waals surface area contributed by atoms with Crippen molar-refractivity contribution in [2.24, 2.45) is 0 Å². The van der Waals surface area contributed by atoms with Crippen LogP contribution in [0.2, 0.25) is 0 Å². The Hall–Kier alpha value is -3.50. The molecule has 3 heterocycles. The van der Waals surface area contributed by atoms with Crippen molar-refractivity contribution in [1.82, 2.24) is 20.5 Å². The first-order valence-corrected chi connectivity index (χ1v) is 14.4. The first-order chi connectivity index (χ1) is 19.8. The Morgan fingerprint density at radius 3 is 2.46 bits per heavy atom. The summed E-state index contributed by atoms with van der Waals surface area (Å²) in [4.78, 5) is 33.7. The quantitative estimate of drug-likeness (QED) is 0.369. The molecule has 41 heavy (non-hydrogen) atoms. The molecule has 3 N–H and O–H groups in total. The van der Waals surface area contributed by atoms with E-state index in [4.69, 9.17) is 9.47 Å². The van der Waals surface area contributed by atoms with Gasteiger partial charge < -0.3 is 24.7 Å². The Balaban J connectivity index is 1.46. The van der Waals surface area contributed by atoms with E-state index in [1.165, 1.54) is 5.56 Å². The van der Waals surface area contributed by atoms with Gasteiger partial charge in [0.05, 0.1) is 26.6 Å². The van der Waals surface area contributed by atoms with Crippen LogP contribution in [0, 0.1) is 20.8 Å². The number of likely N-dealkylation sites (N-methyl/N-ethyl adjacent to an activating group) is 1. The van der Waals surface area contributed by atoms with Gasteiger partial charge >= 0.3 is 0 Å². The van der Waals surface area contributed by atoms with Crippen LogP contribution < -0.4 is 21.1 Å². The van der Waals surface area contributed by atoms with Gasteiger partial charge in [0, 0.05) is 55.2 Å². The minimum atomic E-state index is -0.208. The highest BCUT2D eigenvalue weighted by atomic mass is 16.5. The maximum Gasteiger partial charge on any atom is 0.253 e. The number of aromatic nitrogens is 1. The molecule has 9 nitrogen and oxygen atoms in total. The second-order valence-electron chi connectivity index (χ2n) is 10.9. The van der Waals surface area contributed by atoms with E-state index in [9.17, 15) is 9.59 Å². The fourth-order valence-electron chi connectivity index (χ4n) is 5.73. The number of amides is 1. The summed E-state index contributed by atoms with van der Waals surface area (Å²) in [6.07, 6.45) is 0.0227. The Morgan fingerprint density at radius 1 is 1.05 bits per heavy atom. The van der Waals surface area contributed by atoms with Gasteiger partial charge in [0.2, 0.25) is 0 Å². The number of aromatic amines is 1. The minimum Gasteiger partial charge on any atom is -0.379 e. The number of anilines is 1. The number of morpholine rings is 1. The average molecular weight is 560 g/mol. The Labute approximate surface area is 241 Å². The number of ether oxygens (including phenoxy) is 2. The number of hydrogen-bond donors (Lipinski definition) is 3. The number of nitrogens with one attached hydrogen (secondary N) is 3. The summed E-state index contributed by atoms with van der Waals surface area (Å²) in [7, 11) is 0. The van der Waals surface area contributed by atoms with Gasteiger partial charge in [0.1, 0.15) is 6.17 Å². The van der Waals surface area contributed by atoms with Gasteiger partial charge in [-0.1, -0.05) is 24.3 Å². The van der Waals surface area contributed by atoms with Crippen molar-refractivity contribution in [3.05, 3.63) is 86.3 Å². The van der Waals surface area contributed by atoms with Gasteiger partial charge in [0.15, 0.2) is 0 Å². The maximum absolute atomic E-state index is 13.7. The van der Waals surface area contributed by atoms with E-state index in [1.807, 2.05) is 32.9 Å². The summed E-state index contributed by atoms with van der Waals surface area (Å²) in [5.41, 5.74) is 7.79. The van der Waals surface area contributed by atoms with Crippen LogP contribution in [-0.4, -0.2) is 68.1 Å². The maximum atomic E-state index is 13.7. The number of pyridine rings is 1. The third kappa shape index (κ3) is 6.70. The SMILES string of the molecule is CCN(c1cc(-c2ccc(CN3CCOCC3)cc2)cc(C(=O)NCc2c(C)cc(C)[nH]c2=O)c1C)C1COCN1. The summed E-state index contributed by atoms with van der Waals surface area (Å²) in [6, 6.07) is 14.7. The van der Waals surface area contributed by atoms with Crippen molar-refractivity contribution in [2.45, 2.75) is 47.0 Å². The molecule has 0 radical (unpaired) electrons. The number of rotatable bonds is 9. The first kappa shape index (κ1) is 29.0. The van der Waals surface area contributed by atoms with Gasteiger partial charge in [-0.3, -0.25) is 19.8 Å². The van der Waals surface area contributed by atoms with E-state index < -0.39 is 0 Å². The van der Waals surface area contributed by atoms with E-state index in [0.29, 0.717) is 24.5 Å². The standard InChI is InChI=1S/C32H41N5O4/c1-5-37(30-19-41-20-34-30)29-16-26(25-8-6-24(7-9-25)18-36-10-12-40-13-11-36)15-27(23(29)4)31(38)33-17-28-21(2)14-22(3)35-32(28)39/h6-9,14-16,30,34H,5,10-13,17-20H2,1-4H3,(H,33,38)(H,35,39). The Kier molecular flexibility index (Phi) is 9.19. The van der Waals surface area contributed by atoms with Crippen LogP contribution in [-0.2, 0) is 22.6 Å². The number of carbonyl (C=O) groups excluding carboxylic acids is 1. The highest BCUT2D eigenvalue weighted by Gasteiger charge is 2.26. The number of hydrogen-bond acceptors (Lipinski definition) is 7. The molecule has 1 aromatic heterocycles. The third-order valence-electron chi connectivity index (χ3n) is 8.06. The largest absolute Gasteiger partial charge is 0.379 e. The second kappa shape index (κ2) is 13.0. The Bertz CT molecular complexity index is 1420. The normalized spacial score (nSPS) is 17.5. The fraction of sp³-hybridized carbons (Fsp3) is 0.438. The number of nitrogens with zero attached hydrogens (tertiary/aromatic N) is 2. The van der Waals surface area contributed by atoms with Crippen molar-refractivity contribution in [3.8, 4) is 11.1 Å². The van der Waals surface area contributed by atoms with Crippen LogP contribution in [0.5, 0.6) is 0 Å². The van der Waals surface area contributed by atoms with Crippen LogP contribution >= 0.6 is 0 Å². The summed E-state index contributed by atoms with van der Waals surface area (Å²) >= 11 is 0. The van der Waals surface area contributed by atoms with Gasteiger partial charge in [-0.25, -0.2) is 0 Å². The van der Waals surface area contributed by atoms with Crippen LogP contribution in [0.15, 0.2) is 47.3 Å². The smallest absolute Gasteiger partial charge is 0.253 e. The molecule has 2 saturated heterocycles. The van der Waals surface area contributed by atoms with Crippen LogP contribution in [0.3, 0.4) is 0 Å². The van der Waals surface area contributed by atoms with Crippen molar-refractivity contribution in [1.29, 1.82) is 0 Å². The predicted octanol–water partition coefficient (Wildman–Crippen LogP) is 3.46. The molecule has 0 bridgehead atoms. The number of aryl methyl sites for hydroxylation is 2. The molecule has 3 aromatic rings. The summed E-state index contributed by atoms with van der Waals surface area (Å²) in [6.45, 7) is 14.2. The van der Waals surface area contributed by atoms with Crippen molar-refractivity contribution in [2.75, 3.05) is 51.1 Å². The monoisotopic (exact) mass is 559 g/mol. The molecule has 5 rings (SSSR count). The van der Waals surface area contributed by atoms with Crippen molar-refractivity contribution in [3.63, 3.8) is 0 Å². The second-order valence-corrected chi connectivity index (χ2v) is 10.9. The molecule has 2 aromatic carbocycles. The van der Waals surface area contributed by atoms with Crippen molar-refractivity contribution >= 4 is 11.6 Å². The lowest BCUT2D eigenvalue weighted by atomic mass is 9.95. The molecule has 0 spiro atoms. The highest BCUT2D eigenvalue weighted by Crippen LogP contribution is 2.33. The van der Waals surface area contributed by atoms with E-state index in [1.54, 1.807) is 0 Å². The molecule has 9 heteroatoms. The van der Waals surface area contributed by atoms with Crippen molar-refractivity contribution < 1.29 is 14.3 Å². The van der Waals surface area contributed by atoms with Crippen LogP contribution in [0.25, 0.3) is 11.1 Å². The average Bonchev–Trinajstić information content (AvgIpc) is 3.49. The van der Waals surface area contributed by atoms with Gasteiger partial charge in [-0.05, 0) is 73.7 Å². The lowest BCUT2D eigenvalue weighted by molar-refractivity contribution is 0.0342. The lowest BCUT2D eigenvalue weighted by Crippen LogP contribution is -2.44. The van der Waals surface area contributed by atoms with Gasteiger partial charge in [-0.2, -0.15) is 0 Å². The van der Waals surface area contributed by atoms with Gasteiger partial charge in [-0.15, -0.1) is 0 Å². The summed E-state index contributed by atoms with van der Waals surface area (Å²) < 4.78 is 11.1. The van der Waals surface area contributed by atoms with Crippen LogP contribution in [0.4, 0.5) is 5.69 Å². The molecular weight excluding hydrogens is 518 g/mol. The molecule has 2 fully saturated rings. The van der Waals surface area contributed by atoms with E-state index in [-0.39, 0.29) is 24.2 Å². The fourth-order valence-corrected chi connectivity index (χ4v) is 5.73. The molecule has 1 unspecified atom stereocenters. The number of carbonyl (C=O) groups is 1. The summed E-state index contributed by atoms with van der Waals surface area (Å²) in [5, 5.41) is 6.41. The topological polar surface area (TPSA) is 98.9 Å². The van der Waals surface area contributed by atoms with Gasteiger partial charge in [0.25, 0.3) is 11.5 Å². The first-order valence-electron chi connectivity index (χ1n) is 14.4. The summed E-state index contributed by atoms with van der Waals surface area (Å²) in [5.74, 6) is -0.208. The highest BCUT2D eigenvalue weighted by molar-refractivity contribution is 5.99. The van der Waals surface area contributed by atoms with Crippen LogP contribution in [0.1, 0.15) is 45.2 Å². The third-order valence-corrected chi connectivity index (χ3v) is 8.06. The molecule has 218 valence electrons. The van der Waals surface area contributed by atoms with E-state index in [2.05, 4.69) is 62.7 Å². The minimum absolute atomic E-state index is 0.0227. The zero-order chi connectivity index (χ0) is 28.9. The molecule has 1 amide bonds. The molecular formula is C32H41N5O4. The predicted molar refractivity (Wildman–Crippen MR) is 161 cm³/mol. The molecule has 0 saturated carbocycles. The molecule has 2 aliphatic heterocycles. The molecule has 2 aliphatic rings. The number of benzene rings is 2. The number of H-pyrrole nitrogens is 1.